The molecule has 2 rings (SSSR count). The van der Waals surface area contributed by atoms with Crippen LogP contribution in [0.3, 0.4) is 0 Å². The molecule has 1 heterocycles. The van der Waals surface area contributed by atoms with E-state index in [2.05, 4.69) is 0 Å². The second-order valence-corrected chi connectivity index (χ2v) is 5.44. The average Bonchev–Trinajstić information content (AvgIpc) is 2.71. The van der Waals surface area contributed by atoms with Gasteiger partial charge in [0.25, 0.3) is 0 Å². The van der Waals surface area contributed by atoms with Crippen LogP contribution in [0, 0.1) is 5.41 Å². The van der Waals surface area contributed by atoms with Crippen molar-refractivity contribution in [3.8, 4) is 0 Å². The second kappa shape index (κ2) is 5.68. The Morgan fingerprint density at radius 2 is 1.76 bits per heavy atom. The summed E-state index contributed by atoms with van der Waals surface area (Å²) in [6.45, 7) is 3.85. The van der Waals surface area contributed by atoms with Crippen molar-refractivity contribution in [1.29, 1.82) is 0 Å². The number of anilines is 1. The first-order valence-electron chi connectivity index (χ1n) is 7.11. The molecule has 0 spiro atoms. The van der Waals surface area contributed by atoms with Gasteiger partial charge in [-0.1, -0.05) is 26.0 Å². The first kappa shape index (κ1) is 15.2. The molecular weight excluding hydrogens is 270 g/mol. The predicted molar refractivity (Wildman–Crippen MR) is 77.9 cm³/mol. The molecule has 0 radical (unpaired) electrons. The summed E-state index contributed by atoms with van der Waals surface area (Å²) in [6, 6.07) is 6.55. The molecule has 0 bridgehead atoms. The molecule has 1 saturated heterocycles. The highest BCUT2D eigenvalue weighted by molar-refractivity contribution is 6.22. The number of carboxylic acids is 1. The Balaban J connectivity index is 2.28. The third-order valence-corrected chi connectivity index (χ3v) is 4.30. The summed E-state index contributed by atoms with van der Waals surface area (Å²) in [6.07, 6.45) is 1.45. The van der Waals surface area contributed by atoms with Gasteiger partial charge in [-0.15, -0.1) is 0 Å². The molecule has 5 nitrogen and oxygen atoms in total. The van der Waals surface area contributed by atoms with E-state index in [-0.39, 0.29) is 24.7 Å². The minimum absolute atomic E-state index is 0.0734. The molecule has 0 saturated carbocycles. The van der Waals surface area contributed by atoms with Gasteiger partial charge in [-0.3, -0.25) is 19.3 Å². The normalized spacial score (nSPS) is 17.3. The SMILES string of the molecule is CCC1(CC)CC(=O)N(c2ccc(CC(=O)O)cc2)C1=O. The smallest absolute Gasteiger partial charge is 0.307 e. The molecule has 5 heteroatoms. The van der Waals surface area contributed by atoms with Crippen LogP contribution in [0.25, 0.3) is 0 Å². The number of carboxylic acid groups (broad SMARTS) is 1. The van der Waals surface area contributed by atoms with E-state index in [4.69, 9.17) is 5.11 Å². The van der Waals surface area contributed by atoms with Gasteiger partial charge in [0.15, 0.2) is 0 Å². The summed E-state index contributed by atoms with van der Waals surface area (Å²) in [7, 11) is 0. The predicted octanol–water partition coefficient (Wildman–Crippen LogP) is 2.38. The number of imide groups is 1. The lowest BCUT2D eigenvalue weighted by molar-refractivity contribution is -0.136. The number of hydrogen-bond acceptors (Lipinski definition) is 3. The standard InChI is InChI=1S/C16H19NO4/c1-3-16(4-2)10-13(18)17(15(16)21)12-7-5-11(6-8-12)9-14(19)20/h5-8H,3-4,9-10H2,1-2H3,(H,19,20). The van der Waals surface area contributed by atoms with Crippen LogP contribution in [0.5, 0.6) is 0 Å². The van der Waals surface area contributed by atoms with Crippen LogP contribution < -0.4 is 4.90 Å². The summed E-state index contributed by atoms with van der Waals surface area (Å²) in [4.78, 5) is 36.7. The molecule has 1 aromatic carbocycles. The van der Waals surface area contributed by atoms with E-state index >= 15 is 0 Å². The van der Waals surface area contributed by atoms with Gasteiger partial charge in [-0.25, -0.2) is 0 Å². The maximum Gasteiger partial charge on any atom is 0.307 e. The van der Waals surface area contributed by atoms with Gasteiger partial charge in [0.2, 0.25) is 11.8 Å². The third-order valence-electron chi connectivity index (χ3n) is 4.30. The van der Waals surface area contributed by atoms with Gasteiger partial charge in [-0.2, -0.15) is 0 Å². The zero-order chi connectivity index (χ0) is 15.6. The number of carbonyl (C=O) groups excluding carboxylic acids is 2. The zero-order valence-corrected chi connectivity index (χ0v) is 12.3. The number of benzene rings is 1. The van der Waals surface area contributed by atoms with Gasteiger partial charge in [-0.05, 0) is 30.5 Å². The Kier molecular flexibility index (Phi) is 4.11. The lowest BCUT2D eigenvalue weighted by Crippen LogP contribution is -2.35. The number of rotatable bonds is 5. The molecule has 1 aliphatic heterocycles. The summed E-state index contributed by atoms with van der Waals surface area (Å²) >= 11 is 0. The van der Waals surface area contributed by atoms with E-state index in [1.807, 2.05) is 13.8 Å². The molecular formula is C16H19NO4. The van der Waals surface area contributed by atoms with Gasteiger partial charge in [0.05, 0.1) is 17.5 Å². The number of nitrogens with zero attached hydrogens (tertiary/aromatic N) is 1. The first-order valence-corrected chi connectivity index (χ1v) is 7.11. The summed E-state index contributed by atoms with van der Waals surface area (Å²) in [5, 5.41) is 8.75. The Morgan fingerprint density at radius 3 is 2.19 bits per heavy atom. The first-order chi connectivity index (χ1) is 9.93. The second-order valence-electron chi connectivity index (χ2n) is 5.44. The van der Waals surface area contributed by atoms with E-state index in [1.165, 1.54) is 4.90 Å². The van der Waals surface area contributed by atoms with Crippen LogP contribution in [-0.4, -0.2) is 22.9 Å². The molecule has 1 fully saturated rings. The Morgan fingerprint density at radius 1 is 1.19 bits per heavy atom. The van der Waals surface area contributed by atoms with Crippen molar-refractivity contribution in [2.75, 3.05) is 4.90 Å². The molecule has 21 heavy (non-hydrogen) atoms. The Hall–Kier alpha value is -2.17. The fourth-order valence-corrected chi connectivity index (χ4v) is 2.80. The van der Waals surface area contributed by atoms with Crippen LogP contribution in [0.2, 0.25) is 0 Å². The highest BCUT2D eigenvalue weighted by Gasteiger charge is 2.49. The molecule has 1 aromatic rings. The summed E-state index contributed by atoms with van der Waals surface area (Å²) in [5.74, 6) is -1.25. The molecule has 2 amide bonds. The quantitative estimate of drug-likeness (QED) is 0.844. The van der Waals surface area contributed by atoms with Crippen molar-refractivity contribution in [3.63, 3.8) is 0 Å². The van der Waals surface area contributed by atoms with E-state index in [9.17, 15) is 14.4 Å². The Bertz CT molecular complexity index is 572. The fraction of sp³-hybridized carbons (Fsp3) is 0.438. The molecule has 0 aliphatic carbocycles. The van der Waals surface area contributed by atoms with Crippen molar-refractivity contribution in [2.45, 2.75) is 39.5 Å². The van der Waals surface area contributed by atoms with Crippen molar-refractivity contribution >= 4 is 23.5 Å². The zero-order valence-electron chi connectivity index (χ0n) is 12.3. The van der Waals surface area contributed by atoms with Gasteiger partial charge in [0.1, 0.15) is 0 Å². The summed E-state index contributed by atoms with van der Waals surface area (Å²) in [5.41, 5.74) is 0.571. The van der Waals surface area contributed by atoms with Crippen LogP contribution >= 0.6 is 0 Å². The van der Waals surface area contributed by atoms with Crippen LogP contribution in [0.15, 0.2) is 24.3 Å². The number of amides is 2. The van der Waals surface area contributed by atoms with Gasteiger partial charge < -0.3 is 5.11 Å². The maximum absolute atomic E-state index is 12.6. The molecule has 1 aliphatic rings. The number of hydrogen-bond donors (Lipinski definition) is 1. The van der Waals surface area contributed by atoms with Crippen molar-refractivity contribution in [3.05, 3.63) is 29.8 Å². The number of aliphatic carboxylic acids is 1. The average molecular weight is 289 g/mol. The molecule has 0 aromatic heterocycles. The lowest BCUT2D eigenvalue weighted by atomic mass is 9.81. The van der Waals surface area contributed by atoms with Crippen LogP contribution in [0.1, 0.15) is 38.7 Å². The molecule has 112 valence electrons. The van der Waals surface area contributed by atoms with E-state index in [0.717, 1.165) is 0 Å². The van der Waals surface area contributed by atoms with E-state index in [0.29, 0.717) is 24.1 Å². The van der Waals surface area contributed by atoms with Crippen LogP contribution in [-0.2, 0) is 20.8 Å². The topological polar surface area (TPSA) is 74.7 Å². The fourth-order valence-electron chi connectivity index (χ4n) is 2.80. The number of carbonyl (C=O) groups is 3. The monoisotopic (exact) mass is 289 g/mol. The van der Waals surface area contributed by atoms with Crippen molar-refractivity contribution in [2.24, 2.45) is 5.41 Å². The van der Waals surface area contributed by atoms with Gasteiger partial charge in [0, 0.05) is 6.42 Å². The summed E-state index contributed by atoms with van der Waals surface area (Å²) < 4.78 is 0. The third kappa shape index (κ3) is 2.68. The van der Waals surface area contributed by atoms with Crippen LogP contribution in [0.4, 0.5) is 5.69 Å². The van der Waals surface area contributed by atoms with Gasteiger partial charge >= 0.3 is 5.97 Å². The highest BCUT2D eigenvalue weighted by atomic mass is 16.4. The lowest BCUT2D eigenvalue weighted by Gasteiger charge is -2.23. The minimum atomic E-state index is -0.910. The van der Waals surface area contributed by atoms with E-state index in [1.54, 1.807) is 24.3 Å². The van der Waals surface area contributed by atoms with E-state index < -0.39 is 11.4 Å². The molecule has 0 unspecified atom stereocenters. The Labute approximate surface area is 123 Å². The molecule has 0 atom stereocenters. The highest BCUT2D eigenvalue weighted by Crippen LogP contribution is 2.41. The molecule has 1 N–H and O–H groups in total. The minimum Gasteiger partial charge on any atom is -0.481 e. The maximum atomic E-state index is 12.6. The van der Waals surface area contributed by atoms with Crippen molar-refractivity contribution < 1.29 is 19.5 Å². The van der Waals surface area contributed by atoms with Crippen molar-refractivity contribution in [1.82, 2.24) is 0 Å². The largest absolute Gasteiger partial charge is 0.481 e.